The molecule has 5 heteroatoms. The Hall–Kier alpha value is -1.75. The number of hydrogen-bond acceptors (Lipinski definition) is 3. The Morgan fingerprint density at radius 3 is 2.93 bits per heavy atom. The second kappa shape index (κ2) is 3.19. The Labute approximate surface area is 84.0 Å². The van der Waals surface area contributed by atoms with Gasteiger partial charge in [-0.2, -0.15) is 0 Å². The van der Waals surface area contributed by atoms with Crippen molar-refractivity contribution in [2.24, 2.45) is 0 Å². The average molecular weight is 208 g/mol. The van der Waals surface area contributed by atoms with Crippen LogP contribution in [-0.4, -0.2) is 16.1 Å². The summed E-state index contributed by atoms with van der Waals surface area (Å²) in [7, 11) is 0. The molecule has 0 fully saturated rings. The van der Waals surface area contributed by atoms with Crippen LogP contribution < -0.4 is 5.73 Å². The van der Waals surface area contributed by atoms with Gasteiger partial charge in [-0.3, -0.25) is 0 Å². The van der Waals surface area contributed by atoms with Crippen molar-refractivity contribution in [1.82, 2.24) is 4.98 Å². The number of rotatable bonds is 2. The summed E-state index contributed by atoms with van der Waals surface area (Å²) in [6.07, 6.45) is 3.49. The fourth-order valence-electron chi connectivity index (χ4n) is 1.30. The molecule has 0 saturated heterocycles. The molecule has 2 aromatic heterocycles. The number of H-pyrrole nitrogens is 1. The maximum atomic E-state index is 10.9. The molecule has 4 nitrogen and oxygen atoms in total. The van der Waals surface area contributed by atoms with Crippen molar-refractivity contribution in [2.75, 3.05) is 5.73 Å². The number of carbonyl (C=O) groups is 1. The third kappa shape index (κ3) is 1.27. The van der Waals surface area contributed by atoms with Gasteiger partial charge in [-0.1, -0.05) is 0 Å². The third-order valence-electron chi connectivity index (χ3n) is 1.94. The molecule has 2 rings (SSSR count). The fourth-order valence-corrected chi connectivity index (χ4v) is 2.11. The zero-order valence-electron chi connectivity index (χ0n) is 7.15. The summed E-state index contributed by atoms with van der Waals surface area (Å²) in [5.74, 6) is -0.986. The number of nitrogen functional groups attached to an aromatic ring is 1. The van der Waals surface area contributed by atoms with Gasteiger partial charge in [-0.15, -0.1) is 11.3 Å². The van der Waals surface area contributed by atoms with Crippen molar-refractivity contribution < 1.29 is 9.90 Å². The second-order valence-electron chi connectivity index (χ2n) is 2.79. The van der Waals surface area contributed by atoms with E-state index in [1.54, 1.807) is 17.8 Å². The normalized spacial score (nSPS) is 10.3. The minimum absolute atomic E-state index is 0.189. The number of aromatic amines is 1. The van der Waals surface area contributed by atoms with Crippen molar-refractivity contribution in [3.63, 3.8) is 0 Å². The Morgan fingerprint density at radius 1 is 1.57 bits per heavy atom. The van der Waals surface area contributed by atoms with Crippen molar-refractivity contribution in [1.29, 1.82) is 0 Å². The predicted octanol–water partition coefficient (Wildman–Crippen LogP) is 2.02. The van der Waals surface area contributed by atoms with E-state index in [0.717, 1.165) is 5.56 Å². The van der Waals surface area contributed by atoms with Crippen LogP contribution in [0, 0.1) is 0 Å². The highest BCUT2D eigenvalue weighted by Gasteiger charge is 2.17. The molecule has 0 amide bonds. The smallest absolute Gasteiger partial charge is 0.339 e. The molecule has 2 aromatic rings. The molecule has 0 aliphatic heterocycles. The zero-order chi connectivity index (χ0) is 10.1. The minimum atomic E-state index is -0.986. The fraction of sp³-hybridized carbons (Fsp3) is 0. The van der Waals surface area contributed by atoms with E-state index >= 15 is 0 Å². The van der Waals surface area contributed by atoms with Crippen LogP contribution in [-0.2, 0) is 0 Å². The topological polar surface area (TPSA) is 79.1 Å². The van der Waals surface area contributed by atoms with E-state index in [2.05, 4.69) is 4.98 Å². The zero-order valence-corrected chi connectivity index (χ0v) is 7.97. The lowest BCUT2D eigenvalue weighted by molar-refractivity contribution is 0.0699. The number of hydrogen-bond donors (Lipinski definition) is 3. The first kappa shape index (κ1) is 8.83. The van der Waals surface area contributed by atoms with E-state index in [0.29, 0.717) is 10.6 Å². The summed E-state index contributed by atoms with van der Waals surface area (Å²) in [6.45, 7) is 0. The predicted molar refractivity (Wildman–Crippen MR) is 55.5 cm³/mol. The summed E-state index contributed by atoms with van der Waals surface area (Å²) in [5.41, 5.74) is 7.28. The third-order valence-corrected chi connectivity index (χ3v) is 2.75. The molecule has 0 aromatic carbocycles. The summed E-state index contributed by atoms with van der Waals surface area (Å²) in [6, 6.07) is 1.81. The molecule has 2 heterocycles. The van der Waals surface area contributed by atoms with Crippen LogP contribution in [0.15, 0.2) is 23.8 Å². The molecule has 0 atom stereocenters. The molecule has 0 aliphatic carbocycles. The highest BCUT2D eigenvalue weighted by Crippen LogP contribution is 2.33. The molecular formula is C9H8N2O2S. The maximum Gasteiger partial charge on any atom is 0.339 e. The van der Waals surface area contributed by atoms with Gasteiger partial charge in [-0.25, -0.2) is 4.79 Å². The molecule has 0 bridgehead atoms. The van der Waals surface area contributed by atoms with E-state index in [9.17, 15) is 4.79 Å². The highest BCUT2D eigenvalue weighted by atomic mass is 32.1. The quantitative estimate of drug-likeness (QED) is 0.706. The van der Waals surface area contributed by atoms with Gasteiger partial charge in [-0.05, 0) is 6.07 Å². The van der Waals surface area contributed by atoms with Crippen LogP contribution in [0.2, 0.25) is 0 Å². The largest absolute Gasteiger partial charge is 0.478 e. The number of carboxylic acid groups (broad SMARTS) is 1. The lowest BCUT2D eigenvalue weighted by Crippen LogP contribution is -2.00. The van der Waals surface area contributed by atoms with Gasteiger partial charge < -0.3 is 15.8 Å². The number of carboxylic acids is 1. The van der Waals surface area contributed by atoms with E-state index in [1.807, 2.05) is 6.07 Å². The number of aromatic carboxylic acids is 1. The molecule has 0 aliphatic rings. The Morgan fingerprint density at radius 2 is 2.36 bits per heavy atom. The minimum Gasteiger partial charge on any atom is -0.478 e. The van der Waals surface area contributed by atoms with E-state index < -0.39 is 5.97 Å². The molecule has 14 heavy (non-hydrogen) atoms. The van der Waals surface area contributed by atoms with Gasteiger partial charge in [0, 0.05) is 28.9 Å². The van der Waals surface area contributed by atoms with Gasteiger partial charge >= 0.3 is 5.97 Å². The van der Waals surface area contributed by atoms with Gasteiger partial charge in [0.1, 0.15) is 10.6 Å². The lowest BCUT2D eigenvalue weighted by Gasteiger charge is -1.97. The maximum absolute atomic E-state index is 10.9. The van der Waals surface area contributed by atoms with Gasteiger partial charge in [0.05, 0.1) is 0 Å². The number of anilines is 1. The number of nitrogens with two attached hydrogens (primary N) is 1. The Bertz CT molecular complexity index is 459. The van der Waals surface area contributed by atoms with Crippen LogP contribution in [0.1, 0.15) is 10.4 Å². The molecule has 0 unspecified atom stereocenters. The Balaban J connectivity index is 2.60. The van der Waals surface area contributed by atoms with E-state index in [-0.39, 0.29) is 5.56 Å². The average Bonchev–Trinajstić information content (AvgIpc) is 2.70. The summed E-state index contributed by atoms with van der Waals surface area (Å²) in [4.78, 5) is 13.8. The summed E-state index contributed by atoms with van der Waals surface area (Å²) in [5, 5.41) is 11.0. The first-order valence-electron chi connectivity index (χ1n) is 3.93. The number of thiophene rings is 1. The van der Waals surface area contributed by atoms with Crippen LogP contribution in [0.5, 0.6) is 0 Å². The van der Waals surface area contributed by atoms with Gasteiger partial charge in [0.15, 0.2) is 0 Å². The SMILES string of the molecule is Nc1scc(-c2cc[nH]c2)c1C(=O)O. The van der Waals surface area contributed by atoms with Crippen molar-refractivity contribution in [2.45, 2.75) is 0 Å². The standard InChI is InChI=1S/C9H8N2O2S/c10-8-7(9(12)13)6(4-14-8)5-1-2-11-3-5/h1-4,11H,10H2,(H,12,13). The monoisotopic (exact) mass is 208 g/mol. The second-order valence-corrected chi connectivity index (χ2v) is 3.70. The number of nitrogens with one attached hydrogen (secondary N) is 1. The Kier molecular flexibility index (Phi) is 2.01. The molecule has 0 radical (unpaired) electrons. The van der Waals surface area contributed by atoms with Crippen LogP contribution in [0.3, 0.4) is 0 Å². The molecule has 72 valence electrons. The highest BCUT2D eigenvalue weighted by molar-refractivity contribution is 7.14. The van der Waals surface area contributed by atoms with Crippen molar-refractivity contribution in [3.8, 4) is 11.1 Å². The van der Waals surface area contributed by atoms with Crippen LogP contribution in [0.4, 0.5) is 5.00 Å². The van der Waals surface area contributed by atoms with Crippen molar-refractivity contribution >= 4 is 22.3 Å². The van der Waals surface area contributed by atoms with Crippen LogP contribution in [0.25, 0.3) is 11.1 Å². The molecular weight excluding hydrogens is 200 g/mol. The molecule has 0 spiro atoms. The molecule has 0 saturated carbocycles. The first-order chi connectivity index (χ1) is 6.70. The molecule has 4 N–H and O–H groups in total. The van der Waals surface area contributed by atoms with Gasteiger partial charge in [0.2, 0.25) is 0 Å². The lowest BCUT2D eigenvalue weighted by atomic mass is 10.1. The van der Waals surface area contributed by atoms with E-state index in [4.69, 9.17) is 10.8 Å². The van der Waals surface area contributed by atoms with Crippen LogP contribution >= 0.6 is 11.3 Å². The van der Waals surface area contributed by atoms with Crippen molar-refractivity contribution in [3.05, 3.63) is 29.4 Å². The first-order valence-corrected chi connectivity index (χ1v) is 4.81. The summed E-state index contributed by atoms with van der Waals surface area (Å²) >= 11 is 1.24. The van der Waals surface area contributed by atoms with Gasteiger partial charge in [0.25, 0.3) is 0 Å². The van der Waals surface area contributed by atoms with E-state index in [1.165, 1.54) is 11.3 Å². The number of aromatic nitrogens is 1. The summed E-state index contributed by atoms with van der Waals surface area (Å²) < 4.78 is 0.